The molecule has 2 amide bonds. The summed E-state index contributed by atoms with van der Waals surface area (Å²) in [4.78, 5) is 18.9. The molecule has 8 nitrogen and oxygen atoms in total. The smallest absolute Gasteiger partial charge is 0.321 e. The average Bonchev–Trinajstić information content (AvgIpc) is 3.13. The number of methoxy groups -OCH3 is 1. The number of anilines is 1. The number of rotatable bonds is 5. The number of nitrogens with zero attached hydrogens (tertiary/aromatic N) is 3. The van der Waals surface area contributed by atoms with Crippen LogP contribution in [0.5, 0.6) is 5.75 Å². The molecule has 8 heteroatoms. The maximum absolute atomic E-state index is 12.6. The summed E-state index contributed by atoms with van der Waals surface area (Å²) >= 11 is 0. The molecule has 3 aliphatic rings. The molecule has 1 saturated carbocycles. The number of fused-ring (bicyclic) bond motifs is 1. The lowest BCUT2D eigenvalue weighted by Gasteiger charge is -2.20. The summed E-state index contributed by atoms with van der Waals surface area (Å²) in [5.41, 5.74) is 2.08. The third-order valence-corrected chi connectivity index (χ3v) is 5.69. The minimum atomic E-state index is -0.165. The lowest BCUT2D eigenvalue weighted by atomic mass is 10.1. The molecule has 0 bridgehead atoms. The number of carbonyl (C=O) groups is 1. The number of urea groups is 1. The standard InChI is InChI=1S/C20H24N4O4/c1-26-14-4-6-16-13(10-14)8-9-24(16)20(25)21-11-15-5-7-17(27-15)19-22-18(23-28-19)12-2-3-12/h4,6,10,12,15,17H,2-3,5,7-9,11H2,1H3,(H,21,25)/t15-,17+/m1/s1. The minimum Gasteiger partial charge on any atom is -0.497 e. The monoisotopic (exact) mass is 384 g/mol. The highest BCUT2D eigenvalue weighted by Crippen LogP contribution is 2.40. The van der Waals surface area contributed by atoms with Gasteiger partial charge in [-0.3, -0.25) is 4.90 Å². The summed E-state index contributed by atoms with van der Waals surface area (Å²) < 4.78 is 16.7. The molecule has 1 aliphatic carbocycles. The van der Waals surface area contributed by atoms with Gasteiger partial charge >= 0.3 is 6.03 Å². The zero-order chi connectivity index (χ0) is 19.1. The normalized spacial score (nSPS) is 23.7. The Balaban J connectivity index is 1.15. The molecule has 2 atom stereocenters. The van der Waals surface area contributed by atoms with E-state index in [1.54, 1.807) is 12.0 Å². The fourth-order valence-electron chi connectivity index (χ4n) is 3.94. The van der Waals surface area contributed by atoms with Crippen LogP contribution in [0.25, 0.3) is 0 Å². The van der Waals surface area contributed by atoms with Crippen molar-refractivity contribution in [3.05, 3.63) is 35.5 Å². The van der Waals surface area contributed by atoms with Crippen molar-refractivity contribution in [1.29, 1.82) is 0 Å². The fourth-order valence-corrected chi connectivity index (χ4v) is 3.94. The van der Waals surface area contributed by atoms with Crippen molar-refractivity contribution < 1.29 is 18.8 Å². The Kier molecular flexibility index (Phi) is 4.43. The van der Waals surface area contributed by atoms with Crippen LogP contribution >= 0.6 is 0 Å². The summed E-state index contributed by atoms with van der Waals surface area (Å²) in [6.45, 7) is 1.15. The van der Waals surface area contributed by atoms with Crippen molar-refractivity contribution >= 4 is 11.7 Å². The van der Waals surface area contributed by atoms with Crippen LogP contribution in [0, 0.1) is 0 Å². The van der Waals surface area contributed by atoms with Gasteiger partial charge in [-0.15, -0.1) is 0 Å². The molecule has 28 heavy (non-hydrogen) atoms. The molecular weight excluding hydrogens is 360 g/mol. The first kappa shape index (κ1) is 17.5. The van der Waals surface area contributed by atoms with Crippen LogP contribution in [0.1, 0.15) is 55.0 Å². The molecular formula is C20H24N4O4. The molecule has 1 aromatic heterocycles. The third-order valence-electron chi connectivity index (χ3n) is 5.69. The van der Waals surface area contributed by atoms with Crippen LogP contribution in [-0.4, -0.2) is 42.5 Å². The minimum absolute atomic E-state index is 0.0387. The molecule has 0 radical (unpaired) electrons. The lowest BCUT2D eigenvalue weighted by Crippen LogP contribution is -2.42. The quantitative estimate of drug-likeness (QED) is 0.852. The van der Waals surface area contributed by atoms with Gasteiger partial charge in [0.15, 0.2) is 5.82 Å². The zero-order valence-corrected chi connectivity index (χ0v) is 15.9. The summed E-state index contributed by atoms with van der Waals surface area (Å²) in [5.74, 6) is 2.66. The molecule has 1 aromatic carbocycles. The third kappa shape index (κ3) is 3.32. The summed E-state index contributed by atoms with van der Waals surface area (Å²) in [7, 11) is 1.65. The topological polar surface area (TPSA) is 89.7 Å². The Hall–Kier alpha value is -2.61. The molecule has 0 spiro atoms. The number of amides is 2. The summed E-state index contributed by atoms with van der Waals surface area (Å²) in [6.07, 6.45) is 4.61. The van der Waals surface area contributed by atoms with E-state index >= 15 is 0 Å². The van der Waals surface area contributed by atoms with E-state index in [4.69, 9.17) is 14.0 Å². The number of carbonyl (C=O) groups excluding carboxylic acids is 1. The molecule has 5 rings (SSSR count). The van der Waals surface area contributed by atoms with Crippen LogP contribution in [0.2, 0.25) is 0 Å². The van der Waals surface area contributed by atoms with Gasteiger partial charge in [-0.2, -0.15) is 4.98 Å². The lowest BCUT2D eigenvalue weighted by molar-refractivity contribution is 0.0278. The van der Waals surface area contributed by atoms with Crippen LogP contribution in [0.3, 0.4) is 0 Å². The number of benzene rings is 1. The highest BCUT2D eigenvalue weighted by atomic mass is 16.5. The number of nitrogens with one attached hydrogen (secondary N) is 1. The van der Waals surface area contributed by atoms with Gasteiger partial charge in [0.25, 0.3) is 5.89 Å². The summed E-state index contributed by atoms with van der Waals surface area (Å²) in [5, 5.41) is 7.06. The van der Waals surface area contributed by atoms with E-state index in [0.29, 0.717) is 24.9 Å². The van der Waals surface area contributed by atoms with Crippen molar-refractivity contribution in [2.45, 2.75) is 50.2 Å². The SMILES string of the molecule is COc1ccc2c(c1)CCN2C(=O)NC[C@H]1CC[C@@H](c2nc(C3CC3)no2)O1. The van der Waals surface area contributed by atoms with Crippen molar-refractivity contribution in [2.24, 2.45) is 0 Å². The number of aromatic nitrogens is 2. The number of hydrogen-bond acceptors (Lipinski definition) is 6. The fraction of sp³-hybridized carbons (Fsp3) is 0.550. The maximum Gasteiger partial charge on any atom is 0.321 e. The van der Waals surface area contributed by atoms with E-state index in [2.05, 4.69) is 15.5 Å². The molecule has 0 unspecified atom stereocenters. The second kappa shape index (κ2) is 7.09. The van der Waals surface area contributed by atoms with Gasteiger partial charge in [0.05, 0.1) is 13.2 Å². The van der Waals surface area contributed by atoms with Gasteiger partial charge in [0.1, 0.15) is 11.9 Å². The van der Waals surface area contributed by atoms with Crippen molar-refractivity contribution in [3.8, 4) is 5.75 Å². The van der Waals surface area contributed by atoms with Crippen LogP contribution < -0.4 is 15.0 Å². The first-order valence-corrected chi connectivity index (χ1v) is 9.92. The van der Waals surface area contributed by atoms with Crippen LogP contribution in [0.4, 0.5) is 10.5 Å². The van der Waals surface area contributed by atoms with E-state index in [1.165, 1.54) is 0 Å². The Morgan fingerprint density at radius 1 is 1.32 bits per heavy atom. The molecule has 1 N–H and O–H groups in total. The van der Waals surface area contributed by atoms with Crippen molar-refractivity contribution in [2.75, 3.05) is 25.1 Å². The molecule has 2 aliphatic heterocycles. The van der Waals surface area contributed by atoms with E-state index < -0.39 is 0 Å². The molecule has 2 fully saturated rings. The molecule has 2 aromatic rings. The van der Waals surface area contributed by atoms with Gasteiger partial charge in [-0.05, 0) is 55.9 Å². The number of hydrogen-bond donors (Lipinski definition) is 1. The van der Waals surface area contributed by atoms with E-state index in [9.17, 15) is 4.79 Å². The second-order valence-corrected chi connectivity index (χ2v) is 7.67. The Morgan fingerprint density at radius 2 is 2.21 bits per heavy atom. The molecule has 1 saturated heterocycles. The Morgan fingerprint density at radius 3 is 3.04 bits per heavy atom. The first-order valence-electron chi connectivity index (χ1n) is 9.92. The average molecular weight is 384 g/mol. The molecule has 3 heterocycles. The summed E-state index contributed by atoms with van der Waals surface area (Å²) in [6, 6.07) is 5.73. The highest BCUT2D eigenvalue weighted by molar-refractivity contribution is 5.94. The van der Waals surface area contributed by atoms with Crippen molar-refractivity contribution in [1.82, 2.24) is 15.5 Å². The van der Waals surface area contributed by atoms with Crippen LogP contribution in [-0.2, 0) is 11.2 Å². The molecule has 148 valence electrons. The van der Waals surface area contributed by atoms with E-state index in [0.717, 1.165) is 54.9 Å². The van der Waals surface area contributed by atoms with E-state index in [-0.39, 0.29) is 18.2 Å². The highest BCUT2D eigenvalue weighted by Gasteiger charge is 2.34. The Bertz CT molecular complexity index is 879. The zero-order valence-electron chi connectivity index (χ0n) is 15.9. The van der Waals surface area contributed by atoms with Gasteiger partial charge in [-0.25, -0.2) is 4.79 Å². The van der Waals surface area contributed by atoms with Gasteiger partial charge < -0.3 is 19.3 Å². The van der Waals surface area contributed by atoms with E-state index in [1.807, 2.05) is 18.2 Å². The number of ether oxygens (including phenoxy) is 2. The second-order valence-electron chi connectivity index (χ2n) is 7.67. The largest absolute Gasteiger partial charge is 0.497 e. The first-order chi connectivity index (χ1) is 13.7. The Labute approximate surface area is 163 Å². The van der Waals surface area contributed by atoms with Crippen LogP contribution in [0.15, 0.2) is 22.7 Å². The van der Waals surface area contributed by atoms with Gasteiger partial charge in [0.2, 0.25) is 0 Å². The van der Waals surface area contributed by atoms with Crippen molar-refractivity contribution in [3.63, 3.8) is 0 Å². The van der Waals surface area contributed by atoms with Gasteiger partial charge in [0, 0.05) is 24.7 Å². The predicted octanol–water partition coefficient (Wildman–Crippen LogP) is 2.95. The predicted molar refractivity (Wildman–Crippen MR) is 101 cm³/mol. The van der Waals surface area contributed by atoms with Gasteiger partial charge in [-0.1, -0.05) is 5.16 Å². The maximum atomic E-state index is 12.6.